The zero-order chi connectivity index (χ0) is 20.5. The number of rotatable bonds is 9. The first kappa shape index (κ1) is 24.5. The molecule has 2 N–H and O–H groups in total. The van der Waals surface area contributed by atoms with Gasteiger partial charge in [0, 0.05) is 55.1 Å². The summed E-state index contributed by atoms with van der Waals surface area (Å²) < 4.78 is 0.225. The van der Waals surface area contributed by atoms with Crippen molar-refractivity contribution in [2.24, 2.45) is 4.99 Å². The average Bonchev–Trinajstić information content (AvgIpc) is 3.52. The Balaban J connectivity index is 0.00000320. The third-order valence-corrected chi connectivity index (χ3v) is 6.44. The number of pyridine rings is 1. The van der Waals surface area contributed by atoms with Crippen molar-refractivity contribution >= 4 is 47.6 Å². The van der Waals surface area contributed by atoms with Gasteiger partial charge in [-0.15, -0.1) is 35.7 Å². The fourth-order valence-electron chi connectivity index (χ4n) is 2.91. The minimum atomic E-state index is 0. The molecule has 3 rings (SSSR count). The van der Waals surface area contributed by atoms with Crippen LogP contribution in [-0.4, -0.2) is 60.2 Å². The number of guanidine groups is 1. The molecule has 1 saturated carbocycles. The molecule has 1 heterocycles. The summed E-state index contributed by atoms with van der Waals surface area (Å²) in [5.41, 5.74) is 0.989. The molecule has 6 nitrogen and oxygen atoms in total. The highest BCUT2D eigenvalue weighted by molar-refractivity contribution is 14.0. The lowest BCUT2D eigenvalue weighted by Crippen LogP contribution is -2.45. The van der Waals surface area contributed by atoms with Gasteiger partial charge in [-0.3, -0.25) is 14.8 Å². The highest BCUT2D eigenvalue weighted by atomic mass is 127. The number of hydrogen-bond donors (Lipinski definition) is 2. The van der Waals surface area contributed by atoms with Gasteiger partial charge >= 0.3 is 0 Å². The summed E-state index contributed by atoms with van der Waals surface area (Å²) in [5.74, 6) is 0.695. The van der Waals surface area contributed by atoms with E-state index in [1.54, 1.807) is 18.1 Å². The molecule has 0 saturated heterocycles. The molecule has 162 valence electrons. The van der Waals surface area contributed by atoms with Crippen LogP contribution in [0.4, 0.5) is 0 Å². The molecule has 0 atom stereocenters. The van der Waals surface area contributed by atoms with E-state index in [4.69, 9.17) is 0 Å². The van der Waals surface area contributed by atoms with Crippen LogP contribution < -0.4 is 10.6 Å². The topological polar surface area (TPSA) is 69.6 Å². The molecule has 0 unspecified atom stereocenters. The molecular weight excluding hydrogens is 509 g/mol. The van der Waals surface area contributed by atoms with E-state index >= 15 is 0 Å². The number of nitrogens with one attached hydrogen (secondary N) is 2. The van der Waals surface area contributed by atoms with Gasteiger partial charge in [-0.1, -0.05) is 24.3 Å². The number of likely N-dealkylation sites (N-methyl/N-ethyl adjacent to an activating group) is 1. The number of amides is 1. The number of hydrogen-bond acceptors (Lipinski definition) is 4. The SMILES string of the molecule is CN=C(NCC(=O)N(C)CCc1ccccn1)NCC1(Sc2ccccc2)CC1.I. The van der Waals surface area contributed by atoms with Gasteiger partial charge in [0.25, 0.3) is 0 Å². The van der Waals surface area contributed by atoms with E-state index in [2.05, 4.69) is 44.9 Å². The fourth-order valence-corrected chi connectivity index (χ4v) is 4.15. The van der Waals surface area contributed by atoms with Crippen LogP contribution >= 0.6 is 35.7 Å². The minimum Gasteiger partial charge on any atom is -0.355 e. The second kappa shape index (κ2) is 12.1. The van der Waals surface area contributed by atoms with Crippen LogP contribution in [-0.2, 0) is 11.2 Å². The summed E-state index contributed by atoms with van der Waals surface area (Å²) in [7, 11) is 3.55. The van der Waals surface area contributed by atoms with Crippen molar-refractivity contribution in [3.63, 3.8) is 0 Å². The van der Waals surface area contributed by atoms with Gasteiger partial charge in [0.15, 0.2) is 5.96 Å². The van der Waals surface area contributed by atoms with Crippen LogP contribution in [0.3, 0.4) is 0 Å². The number of carbonyl (C=O) groups is 1. The van der Waals surface area contributed by atoms with Crippen LogP contribution in [0.1, 0.15) is 18.5 Å². The van der Waals surface area contributed by atoms with Gasteiger partial charge in [0.05, 0.1) is 6.54 Å². The van der Waals surface area contributed by atoms with Crippen LogP contribution in [0.25, 0.3) is 0 Å². The first-order chi connectivity index (χ1) is 14.1. The van der Waals surface area contributed by atoms with E-state index in [1.807, 2.05) is 43.1 Å². The molecule has 30 heavy (non-hydrogen) atoms. The lowest BCUT2D eigenvalue weighted by Gasteiger charge is -2.20. The number of thioether (sulfide) groups is 1. The highest BCUT2D eigenvalue weighted by Crippen LogP contribution is 2.51. The van der Waals surface area contributed by atoms with Crippen molar-refractivity contribution in [1.29, 1.82) is 0 Å². The number of aliphatic imine (C=N–C) groups is 1. The van der Waals surface area contributed by atoms with E-state index in [0.717, 1.165) is 18.7 Å². The minimum absolute atomic E-state index is 0. The van der Waals surface area contributed by atoms with Crippen LogP contribution in [0, 0.1) is 0 Å². The van der Waals surface area contributed by atoms with Gasteiger partial charge in [-0.05, 0) is 37.1 Å². The standard InChI is InChI=1S/C22H29N5OS.HI/c1-23-21(26-17-22(12-13-22)29-19-9-4-3-5-10-19)25-16-20(28)27(2)15-11-18-8-6-7-14-24-18;/h3-10,14H,11-13,15-17H2,1-2H3,(H2,23,25,26);1H. The number of carbonyl (C=O) groups excluding carboxylic acids is 1. The van der Waals surface area contributed by atoms with Crippen molar-refractivity contribution in [3.8, 4) is 0 Å². The molecule has 0 aliphatic heterocycles. The Labute approximate surface area is 200 Å². The van der Waals surface area contributed by atoms with Gasteiger partial charge in [-0.2, -0.15) is 0 Å². The molecule has 2 aromatic rings. The maximum Gasteiger partial charge on any atom is 0.241 e. The summed E-state index contributed by atoms with van der Waals surface area (Å²) in [5, 5.41) is 6.52. The van der Waals surface area contributed by atoms with Gasteiger partial charge in [0.2, 0.25) is 5.91 Å². The lowest BCUT2D eigenvalue weighted by molar-refractivity contribution is -0.128. The molecule has 1 aliphatic rings. The van der Waals surface area contributed by atoms with Crippen LogP contribution in [0.5, 0.6) is 0 Å². The molecule has 0 bridgehead atoms. The summed E-state index contributed by atoms with van der Waals surface area (Å²) in [6.45, 7) is 1.69. The Bertz CT molecular complexity index is 815. The number of aromatic nitrogens is 1. The number of halogens is 1. The molecule has 1 fully saturated rings. The van der Waals surface area contributed by atoms with Crippen LogP contribution in [0.15, 0.2) is 64.6 Å². The van der Waals surface area contributed by atoms with Crippen molar-refractivity contribution in [3.05, 3.63) is 60.4 Å². The molecule has 1 amide bonds. The zero-order valence-electron chi connectivity index (χ0n) is 17.5. The third kappa shape index (κ3) is 7.79. The second-order valence-electron chi connectivity index (χ2n) is 7.26. The monoisotopic (exact) mass is 539 g/mol. The fraction of sp³-hybridized carbons (Fsp3) is 0.409. The Morgan fingerprint density at radius 3 is 2.53 bits per heavy atom. The van der Waals surface area contributed by atoms with Gasteiger partial charge < -0.3 is 15.5 Å². The number of nitrogens with zero attached hydrogens (tertiary/aromatic N) is 3. The highest BCUT2D eigenvalue weighted by Gasteiger charge is 2.43. The predicted octanol–water partition coefficient (Wildman–Crippen LogP) is 3.19. The van der Waals surface area contributed by atoms with Crippen molar-refractivity contribution in [2.75, 3.05) is 33.7 Å². The maximum atomic E-state index is 12.4. The predicted molar refractivity (Wildman–Crippen MR) is 135 cm³/mol. The van der Waals surface area contributed by atoms with Crippen molar-refractivity contribution in [2.45, 2.75) is 28.9 Å². The number of benzene rings is 1. The molecular formula is C22H30IN5OS. The zero-order valence-corrected chi connectivity index (χ0v) is 20.7. The average molecular weight is 539 g/mol. The van der Waals surface area contributed by atoms with Crippen molar-refractivity contribution < 1.29 is 4.79 Å². The van der Waals surface area contributed by atoms with E-state index in [-0.39, 0.29) is 41.2 Å². The maximum absolute atomic E-state index is 12.4. The smallest absolute Gasteiger partial charge is 0.241 e. The largest absolute Gasteiger partial charge is 0.355 e. The molecule has 1 aromatic carbocycles. The molecule has 1 aliphatic carbocycles. The molecule has 0 spiro atoms. The Hall–Kier alpha value is -1.81. The van der Waals surface area contributed by atoms with Crippen LogP contribution in [0.2, 0.25) is 0 Å². The Morgan fingerprint density at radius 1 is 1.17 bits per heavy atom. The quantitative estimate of drug-likeness (QED) is 0.291. The Kier molecular flexibility index (Phi) is 9.90. The van der Waals surface area contributed by atoms with Gasteiger partial charge in [0.1, 0.15) is 0 Å². The lowest BCUT2D eigenvalue weighted by atomic mass is 10.2. The van der Waals surface area contributed by atoms with E-state index in [9.17, 15) is 4.79 Å². The summed E-state index contributed by atoms with van der Waals surface area (Å²) in [4.78, 5) is 24.0. The first-order valence-electron chi connectivity index (χ1n) is 9.93. The Morgan fingerprint density at radius 2 is 1.90 bits per heavy atom. The second-order valence-corrected chi connectivity index (χ2v) is 8.81. The van der Waals surface area contributed by atoms with E-state index in [1.165, 1.54) is 17.7 Å². The molecule has 8 heteroatoms. The summed E-state index contributed by atoms with van der Waals surface area (Å²) >= 11 is 1.92. The normalized spacial score (nSPS) is 14.4. The third-order valence-electron chi connectivity index (χ3n) is 4.95. The van der Waals surface area contributed by atoms with Crippen molar-refractivity contribution in [1.82, 2.24) is 20.5 Å². The van der Waals surface area contributed by atoms with Gasteiger partial charge in [-0.25, -0.2) is 0 Å². The van der Waals surface area contributed by atoms with E-state index in [0.29, 0.717) is 12.5 Å². The molecule has 1 aromatic heterocycles. The van der Waals surface area contributed by atoms with E-state index < -0.39 is 0 Å². The molecule has 0 radical (unpaired) electrons. The summed E-state index contributed by atoms with van der Waals surface area (Å²) in [6, 6.07) is 16.3. The first-order valence-corrected chi connectivity index (χ1v) is 10.7. The summed E-state index contributed by atoms with van der Waals surface area (Å²) in [6.07, 6.45) is 4.89.